The highest BCUT2D eigenvalue weighted by Crippen LogP contribution is 2.35. The summed E-state index contributed by atoms with van der Waals surface area (Å²) in [6.45, 7) is 4.64. The fourth-order valence-electron chi connectivity index (χ4n) is 2.28. The summed E-state index contributed by atoms with van der Waals surface area (Å²) in [5.74, 6) is -0.0980. The molecule has 3 aromatic rings. The summed E-state index contributed by atoms with van der Waals surface area (Å²) in [5.41, 5.74) is 7.87. The van der Waals surface area contributed by atoms with Crippen LogP contribution in [0.4, 0.5) is 5.69 Å². The van der Waals surface area contributed by atoms with E-state index < -0.39 is 0 Å². The Kier molecular flexibility index (Phi) is 3.69. The van der Waals surface area contributed by atoms with E-state index in [9.17, 15) is 4.79 Å². The van der Waals surface area contributed by atoms with Crippen LogP contribution in [0.15, 0.2) is 30.3 Å². The Morgan fingerprint density at radius 1 is 1.19 bits per heavy atom. The third-order valence-corrected chi connectivity index (χ3v) is 5.73. The molecule has 0 atom stereocenters. The van der Waals surface area contributed by atoms with Crippen LogP contribution in [0.25, 0.3) is 10.1 Å². The molecule has 108 valence electrons. The fraction of sp³-hybridized carbons (Fsp3) is 0.188. The topological polar surface area (TPSA) is 55.1 Å². The van der Waals surface area contributed by atoms with Crippen molar-refractivity contribution in [3.8, 4) is 0 Å². The average molecular weight is 316 g/mol. The van der Waals surface area contributed by atoms with Gasteiger partial charge < -0.3 is 11.1 Å². The summed E-state index contributed by atoms with van der Waals surface area (Å²) in [4.78, 5) is 15.4. The molecule has 3 N–H and O–H groups in total. The lowest BCUT2D eigenvalue weighted by Gasteiger charge is -2.02. The van der Waals surface area contributed by atoms with E-state index in [4.69, 9.17) is 5.73 Å². The second-order valence-corrected chi connectivity index (χ2v) is 7.38. The van der Waals surface area contributed by atoms with Crippen molar-refractivity contribution < 1.29 is 4.79 Å². The second-order valence-electron chi connectivity index (χ2n) is 4.99. The number of hydrogen-bond donors (Lipinski definition) is 2. The fourth-order valence-corrected chi connectivity index (χ4v) is 4.21. The Morgan fingerprint density at radius 2 is 2.00 bits per heavy atom. The van der Waals surface area contributed by atoms with E-state index in [0.29, 0.717) is 17.1 Å². The van der Waals surface area contributed by atoms with E-state index in [1.165, 1.54) is 16.2 Å². The van der Waals surface area contributed by atoms with Crippen molar-refractivity contribution in [2.24, 2.45) is 0 Å². The normalized spacial score (nSPS) is 11.0. The summed E-state index contributed by atoms with van der Waals surface area (Å²) in [6.07, 6.45) is 0. The van der Waals surface area contributed by atoms with Crippen LogP contribution in [0, 0.1) is 13.8 Å². The highest BCUT2D eigenvalue weighted by atomic mass is 32.1. The van der Waals surface area contributed by atoms with Crippen LogP contribution in [0.1, 0.15) is 25.0 Å². The number of carbonyl (C=O) groups is 1. The van der Waals surface area contributed by atoms with Crippen LogP contribution in [0.2, 0.25) is 0 Å². The Bertz CT molecular complexity index is 817. The van der Waals surface area contributed by atoms with Crippen LogP contribution in [0.3, 0.4) is 0 Å². The number of nitrogens with two attached hydrogens (primary N) is 1. The van der Waals surface area contributed by atoms with Crippen LogP contribution in [-0.2, 0) is 6.54 Å². The van der Waals surface area contributed by atoms with Gasteiger partial charge in [-0.1, -0.05) is 18.2 Å². The molecule has 0 saturated carbocycles. The SMILES string of the molecule is Cc1ccc(CNC(=O)c2sc3c(C)cccc3c2N)s1. The molecule has 0 saturated heterocycles. The molecule has 21 heavy (non-hydrogen) atoms. The van der Waals surface area contributed by atoms with Crippen molar-refractivity contribution >= 4 is 44.4 Å². The maximum absolute atomic E-state index is 12.4. The Labute approximate surface area is 131 Å². The number of anilines is 1. The maximum Gasteiger partial charge on any atom is 0.263 e. The van der Waals surface area contributed by atoms with Crippen molar-refractivity contribution in [3.05, 3.63) is 50.5 Å². The molecular weight excluding hydrogens is 300 g/mol. The van der Waals surface area contributed by atoms with Gasteiger partial charge in [0, 0.05) is 19.8 Å². The van der Waals surface area contributed by atoms with Crippen molar-refractivity contribution in [2.45, 2.75) is 20.4 Å². The Balaban J connectivity index is 1.84. The number of amides is 1. The molecule has 0 fully saturated rings. The highest BCUT2D eigenvalue weighted by molar-refractivity contribution is 7.21. The first kappa shape index (κ1) is 14.1. The lowest BCUT2D eigenvalue weighted by atomic mass is 10.1. The van der Waals surface area contributed by atoms with E-state index in [1.807, 2.05) is 31.2 Å². The predicted octanol–water partition coefficient (Wildman–Crippen LogP) is 4.09. The molecule has 1 amide bonds. The summed E-state index contributed by atoms with van der Waals surface area (Å²) in [7, 11) is 0. The van der Waals surface area contributed by atoms with Gasteiger partial charge in [0.05, 0.1) is 12.2 Å². The number of hydrogen-bond acceptors (Lipinski definition) is 4. The smallest absolute Gasteiger partial charge is 0.263 e. The molecule has 2 aromatic heterocycles. The summed E-state index contributed by atoms with van der Waals surface area (Å²) < 4.78 is 1.09. The van der Waals surface area contributed by atoms with E-state index >= 15 is 0 Å². The van der Waals surface area contributed by atoms with Gasteiger partial charge in [-0.15, -0.1) is 22.7 Å². The largest absolute Gasteiger partial charge is 0.397 e. The Hall–Kier alpha value is -1.85. The molecule has 0 spiro atoms. The zero-order valence-corrected chi connectivity index (χ0v) is 13.5. The number of nitrogen functional groups attached to an aromatic ring is 1. The quantitative estimate of drug-likeness (QED) is 0.764. The van der Waals surface area contributed by atoms with Crippen LogP contribution < -0.4 is 11.1 Å². The number of nitrogens with one attached hydrogen (secondary N) is 1. The molecule has 0 aliphatic carbocycles. The van der Waals surface area contributed by atoms with Crippen LogP contribution in [-0.4, -0.2) is 5.91 Å². The first-order valence-corrected chi connectivity index (χ1v) is 8.30. The van der Waals surface area contributed by atoms with Gasteiger partial charge in [0.25, 0.3) is 5.91 Å². The molecule has 0 aliphatic rings. The Morgan fingerprint density at radius 3 is 2.67 bits per heavy atom. The van der Waals surface area contributed by atoms with E-state index in [2.05, 4.69) is 18.3 Å². The number of thiophene rings is 2. The first-order chi connectivity index (χ1) is 10.1. The number of benzene rings is 1. The summed E-state index contributed by atoms with van der Waals surface area (Å²) >= 11 is 3.16. The minimum Gasteiger partial charge on any atom is -0.397 e. The molecule has 3 nitrogen and oxygen atoms in total. The lowest BCUT2D eigenvalue weighted by Crippen LogP contribution is -2.22. The van der Waals surface area contributed by atoms with Crippen LogP contribution in [0.5, 0.6) is 0 Å². The van der Waals surface area contributed by atoms with Gasteiger partial charge in [0.1, 0.15) is 4.88 Å². The second kappa shape index (κ2) is 5.50. The third-order valence-electron chi connectivity index (χ3n) is 3.38. The number of fused-ring (bicyclic) bond motifs is 1. The van der Waals surface area contributed by atoms with Crippen LogP contribution >= 0.6 is 22.7 Å². The van der Waals surface area contributed by atoms with Gasteiger partial charge in [-0.3, -0.25) is 4.79 Å². The number of carbonyl (C=O) groups excluding carboxylic acids is 1. The summed E-state index contributed by atoms with van der Waals surface area (Å²) in [6, 6.07) is 10.1. The van der Waals surface area contributed by atoms with Gasteiger partial charge in [0.2, 0.25) is 0 Å². The minimum absolute atomic E-state index is 0.0980. The van der Waals surface area contributed by atoms with Gasteiger partial charge in [-0.2, -0.15) is 0 Å². The molecule has 0 unspecified atom stereocenters. The highest BCUT2D eigenvalue weighted by Gasteiger charge is 2.17. The lowest BCUT2D eigenvalue weighted by molar-refractivity contribution is 0.0956. The molecular formula is C16H16N2OS2. The first-order valence-electron chi connectivity index (χ1n) is 6.67. The molecule has 0 bridgehead atoms. The van der Waals surface area contributed by atoms with Gasteiger partial charge in [-0.25, -0.2) is 0 Å². The standard InChI is InChI=1S/C16H16N2OS2/c1-9-4-3-5-12-13(17)15(21-14(9)12)16(19)18-8-11-7-6-10(2)20-11/h3-7H,8,17H2,1-2H3,(H,18,19). The molecule has 2 heterocycles. The van der Waals surface area contributed by atoms with Crippen molar-refractivity contribution in [2.75, 3.05) is 5.73 Å². The average Bonchev–Trinajstić information content (AvgIpc) is 3.02. The molecule has 0 radical (unpaired) electrons. The zero-order chi connectivity index (χ0) is 15.0. The van der Waals surface area contributed by atoms with E-state index in [1.54, 1.807) is 11.3 Å². The van der Waals surface area contributed by atoms with Crippen molar-refractivity contribution in [1.82, 2.24) is 5.32 Å². The van der Waals surface area contributed by atoms with E-state index in [-0.39, 0.29) is 5.91 Å². The van der Waals surface area contributed by atoms with Crippen molar-refractivity contribution in [3.63, 3.8) is 0 Å². The molecule has 3 rings (SSSR count). The minimum atomic E-state index is -0.0980. The third kappa shape index (κ3) is 2.66. The van der Waals surface area contributed by atoms with Gasteiger partial charge >= 0.3 is 0 Å². The van der Waals surface area contributed by atoms with E-state index in [0.717, 1.165) is 20.5 Å². The van der Waals surface area contributed by atoms with Crippen molar-refractivity contribution in [1.29, 1.82) is 0 Å². The number of rotatable bonds is 3. The molecule has 5 heteroatoms. The molecule has 0 aliphatic heterocycles. The van der Waals surface area contributed by atoms with Gasteiger partial charge in [0.15, 0.2) is 0 Å². The molecule has 1 aromatic carbocycles. The van der Waals surface area contributed by atoms with Gasteiger partial charge in [-0.05, 0) is 31.5 Å². The predicted molar refractivity (Wildman–Crippen MR) is 91.2 cm³/mol. The zero-order valence-electron chi connectivity index (χ0n) is 11.9. The summed E-state index contributed by atoms with van der Waals surface area (Å²) in [5, 5.41) is 3.92. The monoisotopic (exact) mass is 316 g/mol. The maximum atomic E-state index is 12.4. The number of aryl methyl sites for hydroxylation is 2.